The summed E-state index contributed by atoms with van der Waals surface area (Å²) in [6.45, 7) is 1.23. The van der Waals surface area contributed by atoms with Crippen molar-refractivity contribution in [2.24, 2.45) is 11.8 Å². The number of fused-ring (bicyclic) bond motifs is 1. The summed E-state index contributed by atoms with van der Waals surface area (Å²) in [5.41, 5.74) is 1.13. The Balaban J connectivity index is 1.50. The van der Waals surface area contributed by atoms with Gasteiger partial charge in [-0.25, -0.2) is 0 Å². The number of hydrogen-bond donors (Lipinski definition) is 1. The molecule has 1 N–H and O–H groups in total. The number of nitrogens with one attached hydrogen (secondary N) is 1. The molecular weight excluding hydrogens is 286 g/mol. The lowest BCUT2D eigenvalue weighted by molar-refractivity contribution is -0.126. The molecule has 1 aromatic rings. The van der Waals surface area contributed by atoms with Gasteiger partial charge in [0.25, 0.3) is 0 Å². The normalized spacial score (nSPS) is 28.3. The molecule has 1 fully saturated rings. The monoisotopic (exact) mass is 307 g/mol. The van der Waals surface area contributed by atoms with Crippen LogP contribution in [0.3, 0.4) is 0 Å². The van der Waals surface area contributed by atoms with Gasteiger partial charge in [0.2, 0.25) is 5.91 Å². The summed E-state index contributed by atoms with van der Waals surface area (Å²) >= 11 is 6.20. The molecule has 0 radical (unpaired) electrons. The second-order valence-electron chi connectivity index (χ2n) is 6.19. The van der Waals surface area contributed by atoms with Crippen LogP contribution >= 0.6 is 11.6 Å². The Hall–Kier alpha value is -1.22. The zero-order chi connectivity index (χ0) is 14.7. The molecule has 3 rings (SSSR count). The van der Waals surface area contributed by atoms with Crippen LogP contribution < -0.4 is 10.1 Å². The molecule has 21 heavy (non-hydrogen) atoms. The van der Waals surface area contributed by atoms with Crippen molar-refractivity contribution in [2.45, 2.75) is 37.5 Å². The largest absolute Gasteiger partial charge is 0.492 e. The van der Waals surface area contributed by atoms with E-state index in [1.165, 1.54) is 12.8 Å². The standard InChI is InChI=1S/C17H22ClNO2/c18-15-6-3-4-12(8-15)10-19-17(20)14-9-13-5-1-2-7-16(13)21-11-14/h1-2,5,7,12,14-15H,3-4,6,8-11H2,(H,19,20). The molecule has 1 amide bonds. The molecule has 0 aromatic heterocycles. The van der Waals surface area contributed by atoms with Gasteiger partial charge in [-0.3, -0.25) is 4.79 Å². The number of hydrogen-bond acceptors (Lipinski definition) is 2. The third-order valence-electron chi connectivity index (χ3n) is 4.53. The van der Waals surface area contributed by atoms with Crippen molar-refractivity contribution < 1.29 is 9.53 Å². The van der Waals surface area contributed by atoms with Gasteiger partial charge >= 0.3 is 0 Å². The third-order valence-corrected chi connectivity index (χ3v) is 4.93. The maximum Gasteiger partial charge on any atom is 0.226 e. The SMILES string of the molecule is O=C(NCC1CCCC(Cl)C1)C1COc2ccccc2C1. The molecule has 0 saturated heterocycles. The van der Waals surface area contributed by atoms with Crippen LogP contribution in [-0.2, 0) is 11.2 Å². The Labute approximate surface area is 131 Å². The lowest BCUT2D eigenvalue weighted by Gasteiger charge is -2.28. The number of ether oxygens (including phenoxy) is 1. The Morgan fingerprint density at radius 2 is 2.19 bits per heavy atom. The zero-order valence-corrected chi connectivity index (χ0v) is 12.9. The van der Waals surface area contributed by atoms with Crippen LogP contribution in [0.4, 0.5) is 0 Å². The predicted octanol–water partition coefficient (Wildman–Crippen LogP) is 3.15. The van der Waals surface area contributed by atoms with E-state index in [1.807, 2.05) is 24.3 Å². The van der Waals surface area contributed by atoms with Gasteiger partial charge in [0, 0.05) is 11.9 Å². The predicted molar refractivity (Wildman–Crippen MR) is 83.7 cm³/mol. The summed E-state index contributed by atoms with van der Waals surface area (Å²) in [4.78, 5) is 12.3. The molecule has 1 saturated carbocycles. The number of amides is 1. The minimum absolute atomic E-state index is 0.0738. The molecule has 3 nitrogen and oxygen atoms in total. The molecule has 114 valence electrons. The van der Waals surface area contributed by atoms with E-state index in [-0.39, 0.29) is 17.2 Å². The van der Waals surface area contributed by atoms with Gasteiger partial charge in [0.05, 0.1) is 5.92 Å². The molecule has 3 unspecified atom stereocenters. The van der Waals surface area contributed by atoms with E-state index in [9.17, 15) is 4.79 Å². The van der Waals surface area contributed by atoms with Gasteiger partial charge < -0.3 is 10.1 Å². The van der Waals surface area contributed by atoms with Crippen molar-refractivity contribution in [1.29, 1.82) is 0 Å². The number of carbonyl (C=O) groups is 1. The van der Waals surface area contributed by atoms with Crippen LogP contribution in [0, 0.1) is 11.8 Å². The number of para-hydroxylation sites is 1. The molecule has 1 aliphatic heterocycles. The Bertz CT molecular complexity index is 505. The van der Waals surface area contributed by atoms with Crippen molar-refractivity contribution in [3.63, 3.8) is 0 Å². The van der Waals surface area contributed by atoms with Crippen LogP contribution in [0.5, 0.6) is 5.75 Å². The van der Waals surface area contributed by atoms with E-state index in [0.717, 1.165) is 37.1 Å². The van der Waals surface area contributed by atoms with Crippen molar-refractivity contribution in [3.8, 4) is 5.75 Å². The molecule has 4 heteroatoms. The zero-order valence-electron chi connectivity index (χ0n) is 12.2. The van der Waals surface area contributed by atoms with Crippen LogP contribution in [0.2, 0.25) is 0 Å². The number of halogens is 1. The number of carbonyl (C=O) groups excluding carboxylic acids is 1. The fourth-order valence-corrected chi connectivity index (χ4v) is 3.70. The van der Waals surface area contributed by atoms with Crippen LogP contribution in [0.1, 0.15) is 31.2 Å². The Kier molecular flexibility index (Phi) is 4.69. The molecule has 1 aromatic carbocycles. The minimum Gasteiger partial charge on any atom is -0.492 e. The highest BCUT2D eigenvalue weighted by Crippen LogP contribution is 2.28. The highest BCUT2D eigenvalue weighted by atomic mass is 35.5. The van der Waals surface area contributed by atoms with E-state index in [1.54, 1.807) is 0 Å². The van der Waals surface area contributed by atoms with Gasteiger partial charge in [-0.15, -0.1) is 11.6 Å². The van der Waals surface area contributed by atoms with E-state index in [0.29, 0.717) is 12.5 Å². The molecule has 0 spiro atoms. The highest BCUT2D eigenvalue weighted by molar-refractivity contribution is 6.20. The van der Waals surface area contributed by atoms with Gasteiger partial charge in [0.15, 0.2) is 0 Å². The third kappa shape index (κ3) is 3.70. The highest BCUT2D eigenvalue weighted by Gasteiger charge is 2.27. The first-order valence-electron chi connectivity index (χ1n) is 7.85. The molecule has 1 aliphatic carbocycles. The van der Waals surface area contributed by atoms with Gasteiger partial charge in [0.1, 0.15) is 12.4 Å². The lowest BCUT2D eigenvalue weighted by Crippen LogP contribution is -2.40. The summed E-state index contributed by atoms with van der Waals surface area (Å²) < 4.78 is 5.68. The average molecular weight is 308 g/mol. The van der Waals surface area contributed by atoms with Crippen LogP contribution in [0.25, 0.3) is 0 Å². The van der Waals surface area contributed by atoms with Crippen molar-refractivity contribution in [3.05, 3.63) is 29.8 Å². The summed E-state index contributed by atoms with van der Waals surface area (Å²) in [5.74, 6) is 1.48. The summed E-state index contributed by atoms with van der Waals surface area (Å²) in [6.07, 6.45) is 5.25. The molecule has 1 heterocycles. The number of benzene rings is 1. The first kappa shape index (κ1) is 14.7. The van der Waals surface area contributed by atoms with E-state index in [4.69, 9.17) is 16.3 Å². The fourth-order valence-electron chi connectivity index (χ4n) is 3.30. The first-order valence-corrected chi connectivity index (χ1v) is 8.28. The number of rotatable bonds is 3. The van der Waals surface area contributed by atoms with E-state index < -0.39 is 0 Å². The summed E-state index contributed by atoms with van der Waals surface area (Å²) in [5, 5.41) is 3.38. The van der Waals surface area contributed by atoms with Gasteiger partial charge in [-0.2, -0.15) is 0 Å². The molecule has 0 bridgehead atoms. The smallest absolute Gasteiger partial charge is 0.226 e. The maximum absolute atomic E-state index is 12.3. The van der Waals surface area contributed by atoms with E-state index in [2.05, 4.69) is 5.32 Å². The lowest BCUT2D eigenvalue weighted by atomic mass is 9.88. The molecule has 3 atom stereocenters. The molecular formula is C17H22ClNO2. The quantitative estimate of drug-likeness (QED) is 0.871. The van der Waals surface area contributed by atoms with Crippen LogP contribution in [0.15, 0.2) is 24.3 Å². The number of alkyl halides is 1. The summed E-state index contributed by atoms with van der Waals surface area (Å²) in [7, 11) is 0. The van der Waals surface area contributed by atoms with Crippen molar-refractivity contribution >= 4 is 17.5 Å². The summed E-state index contributed by atoms with van der Waals surface area (Å²) in [6, 6.07) is 7.95. The Morgan fingerprint density at radius 3 is 3.05 bits per heavy atom. The second-order valence-corrected chi connectivity index (χ2v) is 6.81. The molecule has 2 aliphatic rings. The maximum atomic E-state index is 12.3. The van der Waals surface area contributed by atoms with Gasteiger partial charge in [-0.05, 0) is 43.2 Å². The second kappa shape index (κ2) is 6.69. The van der Waals surface area contributed by atoms with Crippen LogP contribution in [-0.4, -0.2) is 24.4 Å². The van der Waals surface area contributed by atoms with E-state index >= 15 is 0 Å². The van der Waals surface area contributed by atoms with Crippen molar-refractivity contribution in [1.82, 2.24) is 5.32 Å². The Morgan fingerprint density at radius 1 is 1.33 bits per heavy atom. The van der Waals surface area contributed by atoms with Crippen molar-refractivity contribution in [2.75, 3.05) is 13.2 Å². The average Bonchev–Trinajstić information content (AvgIpc) is 2.52. The first-order chi connectivity index (χ1) is 10.2. The van der Waals surface area contributed by atoms with Gasteiger partial charge in [-0.1, -0.05) is 24.6 Å². The minimum atomic E-state index is -0.0738. The fraction of sp³-hybridized carbons (Fsp3) is 0.588. The topological polar surface area (TPSA) is 38.3 Å².